The Labute approximate surface area is 134 Å². The van der Waals surface area contributed by atoms with Crippen LogP contribution in [0.5, 0.6) is 0 Å². The molecule has 0 aliphatic carbocycles. The van der Waals surface area contributed by atoms with Crippen LogP contribution >= 0.6 is 0 Å². The molecule has 6 nitrogen and oxygen atoms in total. The molecule has 1 unspecified atom stereocenters. The molecule has 23 heavy (non-hydrogen) atoms. The van der Waals surface area contributed by atoms with E-state index in [1.54, 1.807) is 29.2 Å². The first-order chi connectivity index (χ1) is 11.1. The van der Waals surface area contributed by atoms with Crippen molar-refractivity contribution in [2.45, 2.75) is 26.4 Å². The van der Waals surface area contributed by atoms with E-state index in [-0.39, 0.29) is 18.5 Å². The third-order valence-electron chi connectivity index (χ3n) is 3.82. The number of carbonyl (C=O) groups is 1. The van der Waals surface area contributed by atoms with Crippen LogP contribution in [-0.2, 0) is 11.3 Å². The Balaban J connectivity index is 1.74. The van der Waals surface area contributed by atoms with Crippen LogP contribution in [0.4, 0.5) is 5.82 Å². The lowest BCUT2D eigenvalue weighted by Gasteiger charge is -2.16. The van der Waals surface area contributed by atoms with Crippen LogP contribution in [0.2, 0.25) is 0 Å². The van der Waals surface area contributed by atoms with Crippen molar-refractivity contribution < 1.29 is 4.79 Å². The summed E-state index contributed by atoms with van der Waals surface area (Å²) in [6.07, 6.45) is 5.17. The maximum absolute atomic E-state index is 12.2. The molecule has 0 spiro atoms. The topological polar surface area (TPSA) is 64.7 Å². The summed E-state index contributed by atoms with van der Waals surface area (Å²) in [6.45, 7) is 4.16. The van der Waals surface area contributed by atoms with Gasteiger partial charge in [-0.05, 0) is 19.4 Å². The highest BCUT2D eigenvalue weighted by molar-refractivity contribution is 5.89. The van der Waals surface area contributed by atoms with Gasteiger partial charge in [-0.25, -0.2) is 9.67 Å². The minimum Gasteiger partial charge on any atom is -0.326 e. The number of aromatic nitrogens is 4. The average Bonchev–Trinajstić information content (AvgIpc) is 3.17. The van der Waals surface area contributed by atoms with Crippen molar-refractivity contribution >= 4 is 11.7 Å². The van der Waals surface area contributed by atoms with Crippen molar-refractivity contribution in [3.8, 4) is 0 Å². The average molecular weight is 309 g/mol. The van der Waals surface area contributed by atoms with Gasteiger partial charge in [0, 0.05) is 18.5 Å². The Morgan fingerprint density at radius 1 is 1.22 bits per heavy atom. The smallest absolute Gasteiger partial charge is 0.245 e. The molecule has 3 aromatic rings. The fourth-order valence-electron chi connectivity index (χ4n) is 2.50. The predicted molar refractivity (Wildman–Crippen MR) is 88.1 cm³/mol. The number of benzene rings is 1. The highest BCUT2D eigenvalue weighted by atomic mass is 16.2. The second-order valence-corrected chi connectivity index (χ2v) is 5.40. The second kappa shape index (κ2) is 6.48. The van der Waals surface area contributed by atoms with Gasteiger partial charge in [-0.3, -0.25) is 4.79 Å². The van der Waals surface area contributed by atoms with Gasteiger partial charge in [0.15, 0.2) is 0 Å². The molecular formula is C17H19N5O. The van der Waals surface area contributed by atoms with E-state index >= 15 is 0 Å². The summed E-state index contributed by atoms with van der Waals surface area (Å²) in [6, 6.07) is 11.9. The number of rotatable bonds is 5. The zero-order valence-corrected chi connectivity index (χ0v) is 13.2. The number of nitrogens with one attached hydrogen (secondary N) is 1. The Morgan fingerprint density at radius 3 is 2.70 bits per heavy atom. The van der Waals surface area contributed by atoms with Crippen molar-refractivity contribution in [1.29, 1.82) is 0 Å². The fourth-order valence-corrected chi connectivity index (χ4v) is 2.50. The van der Waals surface area contributed by atoms with Gasteiger partial charge in [0.1, 0.15) is 18.2 Å². The maximum atomic E-state index is 12.2. The predicted octanol–water partition coefficient (Wildman–Crippen LogP) is 2.64. The lowest BCUT2D eigenvalue weighted by Crippen LogP contribution is -2.22. The zero-order chi connectivity index (χ0) is 16.2. The quantitative estimate of drug-likeness (QED) is 0.788. The van der Waals surface area contributed by atoms with Crippen LogP contribution in [0.3, 0.4) is 0 Å². The Hall–Kier alpha value is -2.89. The van der Waals surface area contributed by atoms with Gasteiger partial charge < -0.3 is 9.88 Å². The molecule has 6 heteroatoms. The Kier molecular flexibility index (Phi) is 4.23. The minimum atomic E-state index is -0.104. The fraction of sp³-hybridized carbons (Fsp3) is 0.235. The van der Waals surface area contributed by atoms with Crippen LogP contribution in [0.1, 0.15) is 24.4 Å². The highest BCUT2D eigenvalue weighted by Crippen LogP contribution is 2.21. The summed E-state index contributed by atoms with van der Waals surface area (Å²) in [5.41, 5.74) is 1.14. The number of imidazole rings is 1. The minimum absolute atomic E-state index is 0.0384. The molecule has 0 saturated heterocycles. The first-order valence-corrected chi connectivity index (χ1v) is 7.51. The molecule has 2 aromatic heterocycles. The number of anilines is 1. The van der Waals surface area contributed by atoms with Crippen molar-refractivity contribution in [3.05, 3.63) is 66.4 Å². The molecule has 0 aliphatic heterocycles. The summed E-state index contributed by atoms with van der Waals surface area (Å²) in [5, 5.41) is 7.26. The van der Waals surface area contributed by atoms with E-state index in [2.05, 4.69) is 22.3 Å². The Morgan fingerprint density at radius 2 is 2.00 bits per heavy atom. The third kappa shape index (κ3) is 3.31. The third-order valence-corrected chi connectivity index (χ3v) is 3.82. The molecule has 1 aromatic carbocycles. The van der Waals surface area contributed by atoms with Crippen LogP contribution in [-0.4, -0.2) is 25.2 Å². The van der Waals surface area contributed by atoms with Crippen LogP contribution < -0.4 is 5.32 Å². The van der Waals surface area contributed by atoms with Gasteiger partial charge in [-0.1, -0.05) is 30.3 Å². The molecule has 1 atom stereocenters. The number of amides is 1. The number of hydrogen-bond acceptors (Lipinski definition) is 3. The van der Waals surface area contributed by atoms with Gasteiger partial charge in [-0.15, -0.1) is 0 Å². The van der Waals surface area contributed by atoms with E-state index in [1.807, 2.05) is 41.9 Å². The number of nitrogens with zero attached hydrogens (tertiary/aromatic N) is 4. The van der Waals surface area contributed by atoms with Gasteiger partial charge >= 0.3 is 0 Å². The molecule has 1 N–H and O–H groups in total. The first kappa shape index (κ1) is 15.0. The highest BCUT2D eigenvalue weighted by Gasteiger charge is 2.14. The summed E-state index contributed by atoms with van der Waals surface area (Å²) in [7, 11) is 0. The van der Waals surface area contributed by atoms with Gasteiger partial charge in [0.25, 0.3) is 0 Å². The molecule has 0 saturated carbocycles. The summed E-state index contributed by atoms with van der Waals surface area (Å²) in [5.74, 6) is 1.39. The van der Waals surface area contributed by atoms with Crippen LogP contribution in [0, 0.1) is 6.92 Å². The lowest BCUT2D eigenvalue weighted by atomic mass is 10.1. The lowest BCUT2D eigenvalue weighted by molar-refractivity contribution is -0.116. The molecule has 2 heterocycles. The molecule has 0 bridgehead atoms. The van der Waals surface area contributed by atoms with Crippen molar-refractivity contribution in [2.24, 2.45) is 0 Å². The van der Waals surface area contributed by atoms with E-state index in [1.165, 1.54) is 0 Å². The Bertz CT molecular complexity index is 790. The van der Waals surface area contributed by atoms with Crippen molar-refractivity contribution in [1.82, 2.24) is 19.3 Å². The van der Waals surface area contributed by atoms with E-state index in [0.717, 1.165) is 11.4 Å². The monoisotopic (exact) mass is 309 g/mol. The molecule has 0 aliphatic rings. The summed E-state index contributed by atoms with van der Waals surface area (Å²) < 4.78 is 3.62. The SMILES string of the molecule is Cc1nccn1CC(=O)Nc1ccnn1C(C)c1ccccc1. The van der Waals surface area contributed by atoms with E-state index in [9.17, 15) is 4.79 Å². The molecular weight excluding hydrogens is 290 g/mol. The van der Waals surface area contributed by atoms with Gasteiger partial charge in [-0.2, -0.15) is 5.10 Å². The molecule has 0 fully saturated rings. The van der Waals surface area contributed by atoms with E-state index in [4.69, 9.17) is 0 Å². The molecule has 3 rings (SSSR count). The largest absolute Gasteiger partial charge is 0.326 e. The molecule has 118 valence electrons. The molecule has 0 radical (unpaired) electrons. The van der Waals surface area contributed by atoms with E-state index < -0.39 is 0 Å². The standard InChI is InChI=1S/C17H19N5O/c1-13(15-6-4-3-5-7-15)22-16(8-9-19-22)20-17(23)12-21-11-10-18-14(21)2/h3-11,13H,12H2,1-2H3,(H,20,23). The van der Waals surface area contributed by atoms with E-state index in [0.29, 0.717) is 5.82 Å². The number of aryl methyl sites for hydroxylation is 1. The van der Waals surface area contributed by atoms with Crippen molar-refractivity contribution in [2.75, 3.05) is 5.32 Å². The second-order valence-electron chi connectivity index (χ2n) is 5.40. The normalized spacial score (nSPS) is 12.1. The number of hydrogen-bond donors (Lipinski definition) is 1. The van der Waals surface area contributed by atoms with Crippen LogP contribution in [0.25, 0.3) is 0 Å². The van der Waals surface area contributed by atoms with Gasteiger partial charge in [0.2, 0.25) is 5.91 Å². The van der Waals surface area contributed by atoms with Crippen LogP contribution in [0.15, 0.2) is 55.0 Å². The number of carbonyl (C=O) groups excluding carboxylic acids is 1. The zero-order valence-electron chi connectivity index (χ0n) is 13.2. The van der Waals surface area contributed by atoms with Crippen molar-refractivity contribution in [3.63, 3.8) is 0 Å². The summed E-state index contributed by atoms with van der Waals surface area (Å²) in [4.78, 5) is 16.4. The summed E-state index contributed by atoms with van der Waals surface area (Å²) >= 11 is 0. The van der Waals surface area contributed by atoms with Gasteiger partial charge in [0.05, 0.1) is 12.2 Å². The maximum Gasteiger partial charge on any atom is 0.245 e. The first-order valence-electron chi connectivity index (χ1n) is 7.51. The molecule has 1 amide bonds.